The number of hydrogen-bond acceptors (Lipinski definition) is 4. The molecule has 1 aromatic rings. The number of hydrogen-bond donors (Lipinski definition) is 2. The molecule has 1 heterocycles. The van der Waals surface area contributed by atoms with Gasteiger partial charge in [0.2, 0.25) is 0 Å². The largest absolute Gasteiger partial charge is 0.356 e. The second kappa shape index (κ2) is 9.75. The normalized spacial score (nSPS) is 24.5. The summed E-state index contributed by atoms with van der Waals surface area (Å²) in [6.07, 6.45) is 4.33. The Morgan fingerprint density at radius 2 is 1.96 bits per heavy atom. The van der Waals surface area contributed by atoms with Crippen LogP contribution >= 0.6 is 24.0 Å². The van der Waals surface area contributed by atoms with Crippen molar-refractivity contribution in [1.82, 2.24) is 15.5 Å². The van der Waals surface area contributed by atoms with Crippen LogP contribution in [0.4, 0.5) is 0 Å². The molecule has 2 fully saturated rings. The van der Waals surface area contributed by atoms with E-state index in [2.05, 4.69) is 51.7 Å². The minimum Gasteiger partial charge on any atom is -0.356 e. The van der Waals surface area contributed by atoms with Crippen LogP contribution in [0.25, 0.3) is 0 Å². The van der Waals surface area contributed by atoms with Gasteiger partial charge in [-0.3, -0.25) is 9.89 Å². The third-order valence-electron chi connectivity index (χ3n) is 5.65. The van der Waals surface area contributed by atoms with Crippen molar-refractivity contribution in [2.24, 2.45) is 10.4 Å². The van der Waals surface area contributed by atoms with Gasteiger partial charge >= 0.3 is 0 Å². The van der Waals surface area contributed by atoms with Gasteiger partial charge in [-0.25, -0.2) is 8.42 Å². The molecule has 0 bridgehead atoms. The minimum atomic E-state index is -2.95. The number of sulfone groups is 1. The van der Waals surface area contributed by atoms with Crippen molar-refractivity contribution < 1.29 is 8.42 Å². The number of halogens is 1. The highest BCUT2D eigenvalue weighted by atomic mass is 127. The maximum Gasteiger partial charge on any atom is 0.191 e. The smallest absolute Gasteiger partial charge is 0.191 e. The van der Waals surface area contributed by atoms with E-state index in [1.54, 1.807) is 7.05 Å². The fraction of sp³-hybridized carbons (Fsp3) is 0.650. The van der Waals surface area contributed by atoms with Crippen LogP contribution in [-0.4, -0.2) is 63.5 Å². The highest BCUT2D eigenvalue weighted by Crippen LogP contribution is 2.46. The van der Waals surface area contributed by atoms with Gasteiger partial charge in [0, 0.05) is 50.4 Å². The van der Waals surface area contributed by atoms with Gasteiger partial charge in [-0.1, -0.05) is 30.3 Å². The maximum atomic E-state index is 11.6. The Morgan fingerprint density at radius 1 is 1.29 bits per heavy atom. The van der Waals surface area contributed by atoms with Crippen molar-refractivity contribution >= 4 is 39.8 Å². The Hall–Kier alpha value is -0.870. The molecule has 2 aliphatic rings. The molecule has 8 heteroatoms. The van der Waals surface area contributed by atoms with Gasteiger partial charge in [0.25, 0.3) is 0 Å². The number of nitrogens with one attached hydrogen (secondary N) is 2. The van der Waals surface area contributed by atoms with Gasteiger partial charge in [-0.2, -0.15) is 0 Å². The highest BCUT2D eigenvalue weighted by Gasteiger charge is 2.45. The molecule has 1 saturated heterocycles. The van der Waals surface area contributed by atoms with Gasteiger partial charge in [0.1, 0.15) is 9.84 Å². The van der Waals surface area contributed by atoms with Gasteiger partial charge in [-0.05, 0) is 31.7 Å². The lowest BCUT2D eigenvalue weighted by Gasteiger charge is -2.22. The van der Waals surface area contributed by atoms with Crippen LogP contribution in [0.1, 0.15) is 31.7 Å². The summed E-state index contributed by atoms with van der Waals surface area (Å²) in [7, 11) is -1.18. The molecule has 1 aliphatic carbocycles. The predicted molar refractivity (Wildman–Crippen MR) is 126 cm³/mol. The molecular formula is C20H33IN4O2S. The van der Waals surface area contributed by atoms with Crippen LogP contribution in [0.2, 0.25) is 0 Å². The first-order valence-corrected chi connectivity index (χ1v) is 11.8. The molecule has 2 atom stereocenters. The number of aliphatic imine (C=N–C) groups is 1. The van der Waals surface area contributed by atoms with Gasteiger partial charge < -0.3 is 10.6 Å². The molecule has 0 amide bonds. The Bertz CT molecular complexity index is 766. The zero-order valence-electron chi connectivity index (χ0n) is 17.0. The number of rotatable bonds is 7. The van der Waals surface area contributed by atoms with E-state index in [9.17, 15) is 8.42 Å². The third-order valence-corrected chi connectivity index (χ3v) is 6.79. The molecule has 1 aromatic carbocycles. The van der Waals surface area contributed by atoms with Crippen molar-refractivity contribution in [3.63, 3.8) is 0 Å². The Kier molecular flexibility index (Phi) is 8.16. The molecule has 1 saturated carbocycles. The lowest BCUT2D eigenvalue weighted by molar-refractivity contribution is 0.258. The van der Waals surface area contributed by atoms with Gasteiger partial charge in [0.15, 0.2) is 5.96 Å². The molecule has 1 aliphatic heterocycles. The van der Waals surface area contributed by atoms with E-state index in [1.165, 1.54) is 11.8 Å². The summed E-state index contributed by atoms with van der Waals surface area (Å²) >= 11 is 0. The first-order valence-electron chi connectivity index (χ1n) is 9.71. The van der Waals surface area contributed by atoms with E-state index in [-0.39, 0.29) is 35.1 Å². The zero-order valence-corrected chi connectivity index (χ0v) is 20.2. The van der Waals surface area contributed by atoms with Gasteiger partial charge in [0.05, 0.1) is 5.75 Å². The molecular weight excluding hydrogens is 487 g/mol. The van der Waals surface area contributed by atoms with Crippen molar-refractivity contribution in [2.75, 3.05) is 32.1 Å². The molecule has 2 unspecified atom stereocenters. The first kappa shape index (κ1) is 23.4. The predicted octanol–water partition coefficient (Wildman–Crippen LogP) is 2.26. The summed E-state index contributed by atoms with van der Waals surface area (Å²) in [5.41, 5.74) is 1.23. The third kappa shape index (κ3) is 6.88. The van der Waals surface area contributed by atoms with Crippen LogP contribution in [0.5, 0.6) is 0 Å². The Labute approximate surface area is 186 Å². The van der Waals surface area contributed by atoms with Crippen LogP contribution in [-0.2, 0) is 16.4 Å². The fourth-order valence-corrected chi connectivity index (χ4v) is 5.51. The molecule has 6 nitrogen and oxygen atoms in total. The fourth-order valence-electron chi connectivity index (χ4n) is 4.01. The van der Waals surface area contributed by atoms with Crippen LogP contribution < -0.4 is 10.6 Å². The summed E-state index contributed by atoms with van der Waals surface area (Å²) in [6.45, 7) is 4.87. The minimum absolute atomic E-state index is 0. The molecule has 3 rings (SSSR count). The number of benzene rings is 1. The summed E-state index contributed by atoms with van der Waals surface area (Å²) in [4.78, 5) is 6.83. The monoisotopic (exact) mass is 520 g/mol. The second-order valence-electron chi connectivity index (χ2n) is 8.34. The summed E-state index contributed by atoms with van der Waals surface area (Å²) in [5.74, 6) is 1.03. The molecule has 0 spiro atoms. The maximum absolute atomic E-state index is 11.6. The molecule has 0 radical (unpaired) electrons. The van der Waals surface area contributed by atoms with Crippen LogP contribution in [0.15, 0.2) is 35.3 Å². The van der Waals surface area contributed by atoms with Crippen molar-refractivity contribution in [3.05, 3.63) is 35.9 Å². The quantitative estimate of drug-likeness (QED) is 0.328. The summed E-state index contributed by atoms with van der Waals surface area (Å²) in [5, 5.41) is 6.88. The standard InChI is InChI=1S/C20H32N4O2S.HI/c1-16-11-18(13-24(16)12-17-7-5-4-6-8-17)23-19(21-2)22-14-20(9-10-20)15-27(3,25)26;/h4-8,16,18H,9-15H2,1-3H3,(H2,21,22,23);1H. The van der Waals surface area contributed by atoms with E-state index in [0.29, 0.717) is 18.6 Å². The number of likely N-dealkylation sites (tertiary alicyclic amines) is 1. The van der Waals surface area contributed by atoms with Crippen molar-refractivity contribution in [1.29, 1.82) is 0 Å². The molecule has 0 aromatic heterocycles. The van der Waals surface area contributed by atoms with E-state index in [1.807, 2.05) is 6.07 Å². The number of guanidine groups is 1. The Morgan fingerprint density at radius 3 is 2.54 bits per heavy atom. The second-order valence-corrected chi connectivity index (χ2v) is 10.5. The summed E-state index contributed by atoms with van der Waals surface area (Å²) < 4.78 is 23.2. The van der Waals surface area contributed by atoms with E-state index < -0.39 is 9.84 Å². The zero-order chi connectivity index (χ0) is 19.5. The van der Waals surface area contributed by atoms with Crippen molar-refractivity contribution in [2.45, 2.75) is 44.8 Å². The SMILES string of the molecule is CN=C(NCC1(CS(C)(=O)=O)CC1)NC1CC(C)N(Cc2ccccc2)C1.I. The van der Waals surface area contributed by atoms with Gasteiger partial charge in [-0.15, -0.1) is 24.0 Å². The average molecular weight is 520 g/mol. The number of nitrogens with zero attached hydrogens (tertiary/aromatic N) is 2. The average Bonchev–Trinajstić information content (AvgIpc) is 3.27. The lowest BCUT2D eigenvalue weighted by atomic mass is 10.1. The van der Waals surface area contributed by atoms with E-state index in [0.717, 1.165) is 38.3 Å². The lowest BCUT2D eigenvalue weighted by Crippen LogP contribution is -2.46. The van der Waals surface area contributed by atoms with Crippen molar-refractivity contribution in [3.8, 4) is 0 Å². The Balaban J connectivity index is 0.00000280. The first-order chi connectivity index (χ1) is 12.8. The highest BCUT2D eigenvalue weighted by molar-refractivity contribution is 14.0. The van der Waals surface area contributed by atoms with Crippen LogP contribution in [0.3, 0.4) is 0 Å². The molecule has 158 valence electrons. The summed E-state index contributed by atoms with van der Waals surface area (Å²) in [6, 6.07) is 11.4. The van der Waals surface area contributed by atoms with E-state index >= 15 is 0 Å². The molecule has 2 N–H and O–H groups in total. The van der Waals surface area contributed by atoms with Crippen LogP contribution in [0, 0.1) is 5.41 Å². The molecule has 28 heavy (non-hydrogen) atoms. The topological polar surface area (TPSA) is 73.8 Å². The van der Waals surface area contributed by atoms with E-state index in [4.69, 9.17) is 0 Å².